The molecule has 1 N–H and O–H groups in total. The van der Waals surface area contributed by atoms with Gasteiger partial charge in [-0.15, -0.1) is 0 Å². The van der Waals surface area contributed by atoms with E-state index in [0.29, 0.717) is 25.8 Å². The molecule has 1 fully saturated rings. The second kappa shape index (κ2) is 7.04. The predicted molar refractivity (Wildman–Crippen MR) is 80.5 cm³/mol. The van der Waals surface area contributed by atoms with Gasteiger partial charge in [0.25, 0.3) is 0 Å². The number of sulfonamides is 1. The van der Waals surface area contributed by atoms with Crippen LogP contribution in [0.25, 0.3) is 0 Å². The molecule has 0 radical (unpaired) electrons. The van der Waals surface area contributed by atoms with Crippen molar-refractivity contribution in [3.05, 3.63) is 35.9 Å². The highest BCUT2D eigenvalue weighted by Crippen LogP contribution is 2.20. The van der Waals surface area contributed by atoms with Crippen molar-refractivity contribution < 1.29 is 18.3 Å². The van der Waals surface area contributed by atoms with E-state index in [1.165, 1.54) is 4.31 Å². The summed E-state index contributed by atoms with van der Waals surface area (Å²) in [5, 5.41) is 9.03. The SMILES string of the molecule is O=C(O)C1CCCN(S(=O)(=O)CCCc2ccccc2)C1. The summed E-state index contributed by atoms with van der Waals surface area (Å²) in [5.41, 5.74) is 1.12. The van der Waals surface area contributed by atoms with E-state index in [4.69, 9.17) is 5.11 Å². The Balaban J connectivity index is 1.88. The van der Waals surface area contributed by atoms with Crippen LogP contribution in [0, 0.1) is 5.92 Å². The largest absolute Gasteiger partial charge is 0.481 e. The quantitative estimate of drug-likeness (QED) is 0.868. The number of carboxylic acids is 1. The van der Waals surface area contributed by atoms with Gasteiger partial charge in [-0.2, -0.15) is 0 Å². The second-order valence-electron chi connectivity index (χ2n) is 5.44. The first-order valence-electron chi connectivity index (χ1n) is 7.23. The van der Waals surface area contributed by atoms with Crippen LogP contribution in [0.1, 0.15) is 24.8 Å². The first-order valence-corrected chi connectivity index (χ1v) is 8.84. The number of hydrogen-bond donors (Lipinski definition) is 1. The minimum absolute atomic E-state index is 0.0776. The topological polar surface area (TPSA) is 74.7 Å². The van der Waals surface area contributed by atoms with E-state index in [9.17, 15) is 13.2 Å². The van der Waals surface area contributed by atoms with Crippen molar-refractivity contribution in [2.45, 2.75) is 25.7 Å². The Hall–Kier alpha value is -1.40. The number of nitrogens with zero attached hydrogens (tertiary/aromatic N) is 1. The minimum atomic E-state index is -3.35. The van der Waals surface area contributed by atoms with Crippen molar-refractivity contribution in [2.24, 2.45) is 5.92 Å². The van der Waals surface area contributed by atoms with Crippen LogP contribution < -0.4 is 0 Å². The number of piperidine rings is 1. The number of carbonyl (C=O) groups is 1. The van der Waals surface area contributed by atoms with Crippen LogP contribution in [0.4, 0.5) is 0 Å². The molecule has 6 heteroatoms. The lowest BCUT2D eigenvalue weighted by Gasteiger charge is -2.29. The lowest BCUT2D eigenvalue weighted by molar-refractivity contribution is -0.142. The zero-order valence-electron chi connectivity index (χ0n) is 11.9. The summed E-state index contributed by atoms with van der Waals surface area (Å²) in [4.78, 5) is 11.0. The summed E-state index contributed by atoms with van der Waals surface area (Å²) < 4.78 is 25.9. The molecule has 1 aliphatic heterocycles. The molecule has 1 heterocycles. The smallest absolute Gasteiger partial charge is 0.307 e. The maximum atomic E-state index is 12.3. The fraction of sp³-hybridized carbons (Fsp3) is 0.533. The normalized spacial score (nSPS) is 20.3. The van der Waals surface area contributed by atoms with E-state index in [1.54, 1.807) is 0 Å². The summed E-state index contributed by atoms with van der Waals surface area (Å²) >= 11 is 0. The third kappa shape index (κ3) is 4.54. The van der Waals surface area contributed by atoms with Gasteiger partial charge in [0.2, 0.25) is 10.0 Å². The van der Waals surface area contributed by atoms with Gasteiger partial charge in [0.05, 0.1) is 11.7 Å². The average molecular weight is 311 g/mol. The highest BCUT2D eigenvalue weighted by molar-refractivity contribution is 7.89. The van der Waals surface area contributed by atoms with Crippen molar-refractivity contribution in [1.82, 2.24) is 4.31 Å². The molecule has 1 aromatic carbocycles. The first kappa shape index (κ1) is 16.0. The van der Waals surface area contributed by atoms with Crippen LogP contribution >= 0.6 is 0 Å². The monoisotopic (exact) mass is 311 g/mol. The predicted octanol–water partition coefficient (Wildman–Crippen LogP) is 1.75. The van der Waals surface area contributed by atoms with E-state index >= 15 is 0 Å². The Kier molecular flexibility index (Phi) is 5.36. The molecule has 2 rings (SSSR count). The van der Waals surface area contributed by atoms with Crippen molar-refractivity contribution >= 4 is 16.0 Å². The molecule has 1 aliphatic rings. The Morgan fingerprint density at radius 2 is 2.00 bits per heavy atom. The van der Waals surface area contributed by atoms with E-state index in [0.717, 1.165) is 12.0 Å². The molecule has 0 spiro atoms. The fourth-order valence-corrected chi connectivity index (χ4v) is 4.21. The van der Waals surface area contributed by atoms with Crippen LogP contribution in [0.5, 0.6) is 0 Å². The lowest BCUT2D eigenvalue weighted by Crippen LogP contribution is -2.43. The van der Waals surface area contributed by atoms with E-state index < -0.39 is 21.9 Å². The standard InChI is InChI=1S/C15H21NO4S/c17-15(18)14-9-4-10-16(12-14)21(19,20)11-5-8-13-6-2-1-3-7-13/h1-3,6-7,14H,4-5,8-12H2,(H,17,18). The second-order valence-corrected chi connectivity index (χ2v) is 7.53. The van der Waals surface area contributed by atoms with Crippen molar-refractivity contribution in [2.75, 3.05) is 18.8 Å². The number of benzene rings is 1. The van der Waals surface area contributed by atoms with Crippen LogP contribution in [-0.2, 0) is 21.2 Å². The lowest BCUT2D eigenvalue weighted by atomic mass is 10.0. The number of rotatable bonds is 6. The number of aryl methyl sites for hydroxylation is 1. The molecule has 116 valence electrons. The molecule has 0 bridgehead atoms. The summed E-state index contributed by atoms with van der Waals surface area (Å²) in [7, 11) is -3.35. The zero-order chi connectivity index (χ0) is 15.3. The maximum absolute atomic E-state index is 12.3. The summed E-state index contributed by atoms with van der Waals surface area (Å²) in [6, 6.07) is 9.76. The summed E-state index contributed by atoms with van der Waals surface area (Å²) in [5.74, 6) is -1.39. The molecule has 0 amide bonds. The molecule has 1 atom stereocenters. The van der Waals surface area contributed by atoms with Crippen LogP contribution in [0.15, 0.2) is 30.3 Å². The number of hydrogen-bond acceptors (Lipinski definition) is 3. The molecule has 0 aliphatic carbocycles. The van der Waals surface area contributed by atoms with Gasteiger partial charge in [0.1, 0.15) is 0 Å². The first-order chi connectivity index (χ1) is 9.99. The molecule has 21 heavy (non-hydrogen) atoms. The third-order valence-corrected chi connectivity index (χ3v) is 5.76. The van der Waals surface area contributed by atoms with Crippen molar-refractivity contribution in [3.63, 3.8) is 0 Å². The van der Waals surface area contributed by atoms with Crippen LogP contribution in [0.3, 0.4) is 0 Å². The highest BCUT2D eigenvalue weighted by atomic mass is 32.2. The molecule has 0 aromatic heterocycles. The van der Waals surface area contributed by atoms with Crippen molar-refractivity contribution in [1.29, 1.82) is 0 Å². The van der Waals surface area contributed by atoms with E-state index in [1.807, 2.05) is 30.3 Å². The molecule has 5 nitrogen and oxygen atoms in total. The van der Waals surface area contributed by atoms with Gasteiger partial charge in [0, 0.05) is 13.1 Å². The van der Waals surface area contributed by atoms with Gasteiger partial charge in [-0.05, 0) is 31.2 Å². The Morgan fingerprint density at radius 3 is 2.67 bits per heavy atom. The summed E-state index contributed by atoms with van der Waals surface area (Å²) in [6.07, 6.45) is 2.46. The van der Waals surface area contributed by atoms with Gasteiger partial charge in [-0.1, -0.05) is 30.3 Å². The molecular formula is C15H21NO4S. The molecule has 1 aromatic rings. The molecular weight excluding hydrogens is 290 g/mol. The third-order valence-electron chi connectivity index (χ3n) is 3.84. The fourth-order valence-electron chi connectivity index (χ4n) is 2.63. The Labute approximate surface area is 125 Å². The maximum Gasteiger partial charge on any atom is 0.307 e. The number of carboxylic acid groups (broad SMARTS) is 1. The molecule has 1 unspecified atom stereocenters. The Bertz CT molecular complexity index is 571. The Morgan fingerprint density at radius 1 is 1.29 bits per heavy atom. The molecule has 1 saturated heterocycles. The van der Waals surface area contributed by atoms with Gasteiger partial charge >= 0.3 is 5.97 Å². The van der Waals surface area contributed by atoms with Gasteiger partial charge < -0.3 is 5.11 Å². The number of aliphatic carboxylic acids is 1. The van der Waals surface area contributed by atoms with Crippen molar-refractivity contribution in [3.8, 4) is 0 Å². The highest BCUT2D eigenvalue weighted by Gasteiger charge is 2.31. The zero-order valence-corrected chi connectivity index (χ0v) is 12.8. The molecule has 0 saturated carbocycles. The minimum Gasteiger partial charge on any atom is -0.481 e. The van der Waals surface area contributed by atoms with E-state index in [2.05, 4.69) is 0 Å². The van der Waals surface area contributed by atoms with E-state index in [-0.39, 0.29) is 12.3 Å². The average Bonchev–Trinajstić information content (AvgIpc) is 2.48. The van der Waals surface area contributed by atoms with Crippen LogP contribution in [0.2, 0.25) is 0 Å². The van der Waals surface area contributed by atoms with Crippen LogP contribution in [-0.4, -0.2) is 42.6 Å². The van der Waals surface area contributed by atoms with Gasteiger partial charge in [0.15, 0.2) is 0 Å². The van der Waals surface area contributed by atoms with Gasteiger partial charge in [-0.25, -0.2) is 12.7 Å². The van der Waals surface area contributed by atoms with Gasteiger partial charge in [-0.3, -0.25) is 4.79 Å². The summed E-state index contributed by atoms with van der Waals surface area (Å²) in [6.45, 7) is 0.556.